The van der Waals surface area contributed by atoms with Crippen LogP contribution in [0.2, 0.25) is 0 Å². The van der Waals surface area contributed by atoms with Gasteiger partial charge in [-0.3, -0.25) is 9.89 Å². The lowest BCUT2D eigenvalue weighted by Crippen LogP contribution is -2.27. The fourth-order valence-corrected chi connectivity index (χ4v) is 2.35. The molecule has 0 saturated heterocycles. The molecule has 0 atom stereocenters. The summed E-state index contributed by atoms with van der Waals surface area (Å²) in [5.74, 6) is 1.67. The Kier molecular flexibility index (Phi) is 6.72. The number of H-pyrrole nitrogens is 1. The predicted molar refractivity (Wildman–Crippen MR) is 78.5 cm³/mol. The fraction of sp³-hybridized carbons (Fsp3) is 0.667. The number of nitrogens with one attached hydrogen (secondary N) is 2. The number of aromatic amines is 1. The van der Waals surface area contributed by atoms with E-state index in [1.807, 2.05) is 13.8 Å². The maximum atomic E-state index is 11.9. The zero-order valence-corrected chi connectivity index (χ0v) is 12.2. The third kappa shape index (κ3) is 4.76. The standard InChI is InChI=1S/C12H22N4O2S/c1-8(2)10-9(13)11(16-15-10)12(18)14-4-7-19-6-3-5-17/h8,17H,3-7,13H2,1-2H3,(H,14,18)(H,15,16). The number of nitrogens with two attached hydrogens (primary N) is 1. The van der Waals surface area contributed by atoms with Crippen LogP contribution in [0.25, 0.3) is 0 Å². The second-order valence-electron chi connectivity index (χ2n) is 4.50. The van der Waals surface area contributed by atoms with Gasteiger partial charge < -0.3 is 16.2 Å². The van der Waals surface area contributed by atoms with Gasteiger partial charge in [-0.15, -0.1) is 0 Å². The van der Waals surface area contributed by atoms with E-state index >= 15 is 0 Å². The highest BCUT2D eigenvalue weighted by atomic mass is 32.2. The van der Waals surface area contributed by atoms with Crippen LogP contribution in [-0.4, -0.2) is 45.9 Å². The van der Waals surface area contributed by atoms with Crippen LogP contribution in [0, 0.1) is 0 Å². The second-order valence-corrected chi connectivity index (χ2v) is 5.72. The molecule has 0 fully saturated rings. The molecule has 0 saturated carbocycles. The van der Waals surface area contributed by atoms with Crippen molar-refractivity contribution in [3.63, 3.8) is 0 Å². The molecule has 0 spiro atoms. The summed E-state index contributed by atoms with van der Waals surface area (Å²) < 4.78 is 0. The second kappa shape index (κ2) is 8.06. The van der Waals surface area contributed by atoms with Crippen LogP contribution in [0.3, 0.4) is 0 Å². The highest BCUT2D eigenvalue weighted by Gasteiger charge is 2.18. The smallest absolute Gasteiger partial charge is 0.273 e. The highest BCUT2D eigenvalue weighted by Crippen LogP contribution is 2.21. The number of hydrogen-bond acceptors (Lipinski definition) is 5. The Labute approximate surface area is 117 Å². The first-order valence-electron chi connectivity index (χ1n) is 6.38. The molecule has 19 heavy (non-hydrogen) atoms. The summed E-state index contributed by atoms with van der Waals surface area (Å²) >= 11 is 1.70. The number of nitrogen functional groups attached to an aromatic ring is 1. The van der Waals surface area contributed by atoms with Gasteiger partial charge in [0.15, 0.2) is 5.69 Å². The Balaban J connectivity index is 2.37. The largest absolute Gasteiger partial charge is 0.396 e. The van der Waals surface area contributed by atoms with Gasteiger partial charge in [0.05, 0.1) is 11.4 Å². The van der Waals surface area contributed by atoms with Gasteiger partial charge in [0.2, 0.25) is 0 Å². The number of amides is 1. The molecule has 1 aromatic heterocycles. The van der Waals surface area contributed by atoms with Crippen molar-refractivity contribution in [1.29, 1.82) is 0 Å². The van der Waals surface area contributed by atoms with Crippen molar-refractivity contribution in [2.75, 3.05) is 30.4 Å². The average molecular weight is 286 g/mol. The molecular formula is C12H22N4O2S. The van der Waals surface area contributed by atoms with Crippen molar-refractivity contribution in [2.24, 2.45) is 0 Å². The molecule has 108 valence electrons. The van der Waals surface area contributed by atoms with Crippen molar-refractivity contribution >= 4 is 23.4 Å². The van der Waals surface area contributed by atoms with Crippen molar-refractivity contribution in [3.05, 3.63) is 11.4 Å². The Bertz CT molecular complexity index is 406. The van der Waals surface area contributed by atoms with Crippen molar-refractivity contribution < 1.29 is 9.90 Å². The van der Waals surface area contributed by atoms with Gasteiger partial charge in [-0.2, -0.15) is 16.9 Å². The van der Waals surface area contributed by atoms with E-state index in [1.54, 1.807) is 11.8 Å². The molecule has 0 unspecified atom stereocenters. The minimum absolute atomic E-state index is 0.209. The molecule has 0 aliphatic heterocycles. The molecule has 7 heteroatoms. The zero-order chi connectivity index (χ0) is 14.3. The average Bonchev–Trinajstić information content (AvgIpc) is 2.75. The van der Waals surface area contributed by atoms with Crippen LogP contribution in [0.15, 0.2) is 0 Å². The van der Waals surface area contributed by atoms with Gasteiger partial charge in [0.25, 0.3) is 5.91 Å². The van der Waals surface area contributed by atoms with Crippen LogP contribution in [0.4, 0.5) is 5.69 Å². The number of aromatic nitrogens is 2. The minimum Gasteiger partial charge on any atom is -0.396 e. The van der Waals surface area contributed by atoms with E-state index in [4.69, 9.17) is 10.8 Å². The molecule has 1 amide bonds. The summed E-state index contributed by atoms with van der Waals surface area (Å²) in [4.78, 5) is 11.9. The summed E-state index contributed by atoms with van der Waals surface area (Å²) in [6.45, 7) is 4.76. The monoisotopic (exact) mass is 286 g/mol. The topological polar surface area (TPSA) is 104 Å². The Morgan fingerprint density at radius 3 is 2.84 bits per heavy atom. The van der Waals surface area contributed by atoms with E-state index in [9.17, 15) is 4.79 Å². The number of carbonyl (C=O) groups excluding carboxylic acids is 1. The third-order valence-electron chi connectivity index (χ3n) is 2.60. The fourth-order valence-electron chi connectivity index (χ4n) is 1.57. The normalized spacial score (nSPS) is 10.9. The first-order valence-corrected chi connectivity index (χ1v) is 7.54. The number of anilines is 1. The van der Waals surface area contributed by atoms with E-state index in [0.717, 1.165) is 23.6 Å². The summed E-state index contributed by atoms with van der Waals surface area (Å²) in [5, 5.41) is 18.2. The summed E-state index contributed by atoms with van der Waals surface area (Å²) in [5.41, 5.74) is 7.38. The lowest BCUT2D eigenvalue weighted by molar-refractivity contribution is 0.0952. The molecule has 0 bridgehead atoms. The van der Waals surface area contributed by atoms with Gasteiger partial charge in [-0.25, -0.2) is 0 Å². The Hall–Kier alpha value is -1.21. The third-order valence-corrected chi connectivity index (χ3v) is 3.67. The number of thioether (sulfide) groups is 1. The first kappa shape index (κ1) is 15.8. The number of hydrogen-bond donors (Lipinski definition) is 4. The van der Waals surface area contributed by atoms with E-state index in [-0.39, 0.29) is 24.1 Å². The van der Waals surface area contributed by atoms with E-state index < -0.39 is 0 Å². The minimum atomic E-state index is -0.247. The number of aliphatic hydroxyl groups excluding tert-OH is 1. The Morgan fingerprint density at radius 1 is 1.53 bits per heavy atom. The van der Waals surface area contributed by atoms with Crippen LogP contribution < -0.4 is 11.1 Å². The lowest BCUT2D eigenvalue weighted by Gasteiger charge is -2.05. The van der Waals surface area contributed by atoms with Crippen LogP contribution in [-0.2, 0) is 0 Å². The maximum Gasteiger partial charge on any atom is 0.273 e. The summed E-state index contributed by atoms with van der Waals surface area (Å²) in [6, 6.07) is 0. The van der Waals surface area contributed by atoms with Gasteiger partial charge in [-0.1, -0.05) is 13.8 Å². The molecule has 1 rings (SSSR count). The van der Waals surface area contributed by atoms with Gasteiger partial charge in [0.1, 0.15) is 0 Å². The van der Waals surface area contributed by atoms with Crippen molar-refractivity contribution in [3.8, 4) is 0 Å². The summed E-state index contributed by atoms with van der Waals surface area (Å²) in [7, 11) is 0. The molecule has 1 heterocycles. The van der Waals surface area contributed by atoms with Gasteiger partial charge in [-0.05, 0) is 18.1 Å². The molecule has 6 nitrogen and oxygen atoms in total. The molecule has 0 aromatic carbocycles. The molecule has 0 aliphatic carbocycles. The molecule has 5 N–H and O–H groups in total. The van der Waals surface area contributed by atoms with E-state index in [1.165, 1.54) is 0 Å². The highest BCUT2D eigenvalue weighted by molar-refractivity contribution is 7.99. The predicted octanol–water partition coefficient (Wildman–Crippen LogP) is 0.961. The summed E-state index contributed by atoms with van der Waals surface area (Å²) in [6.07, 6.45) is 0.780. The van der Waals surface area contributed by atoms with Crippen LogP contribution in [0.5, 0.6) is 0 Å². The van der Waals surface area contributed by atoms with E-state index in [0.29, 0.717) is 12.2 Å². The van der Waals surface area contributed by atoms with Crippen molar-refractivity contribution in [1.82, 2.24) is 15.5 Å². The van der Waals surface area contributed by atoms with Gasteiger partial charge >= 0.3 is 0 Å². The van der Waals surface area contributed by atoms with Gasteiger partial charge in [0, 0.05) is 18.9 Å². The van der Waals surface area contributed by atoms with Crippen LogP contribution >= 0.6 is 11.8 Å². The number of carbonyl (C=O) groups is 1. The van der Waals surface area contributed by atoms with E-state index in [2.05, 4.69) is 15.5 Å². The SMILES string of the molecule is CC(C)c1[nH]nc(C(=O)NCCSCCCO)c1N. The molecule has 1 aromatic rings. The number of aliphatic hydroxyl groups is 1. The maximum absolute atomic E-state index is 11.9. The lowest BCUT2D eigenvalue weighted by atomic mass is 10.1. The quantitative estimate of drug-likeness (QED) is 0.533. The molecule has 0 aliphatic rings. The zero-order valence-electron chi connectivity index (χ0n) is 11.4. The van der Waals surface area contributed by atoms with Crippen LogP contribution in [0.1, 0.15) is 42.4 Å². The molecule has 0 radical (unpaired) electrons. The number of rotatable bonds is 8. The molecular weight excluding hydrogens is 264 g/mol. The number of nitrogens with zero attached hydrogens (tertiary/aromatic N) is 1. The van der Waals surface area contributed by atoms with Crippen molar-refractivity contribution in [2.45, 2.75) is 26.2 Å². The first-order chi connectivity index (χ1) is 9.07. The Morgan fingerprint density at radius 2 is 2.26 bits per heavy atom.